The van der Waals surface area contributed by atoms with E-state index in [0.29, 0.717) is 38.5 Å². The Morgan fingerprint density at radius 1 is 1.21 bits per heavy atom. The van der Waals surface area contributed by atoms with E-state index < -0.39 is 15.4 Å². The molecule has 19 heavy (non-hydrogen) atoms. The van der Waals surface area contributed by atoms with Crippen LogP contribution in [0.1, 0.15) is 44.9 Å². The highest BCUT2D eigenvalue weighted by atomic mass is 32.2. The van der Waals surface area contributed by atoms with Crippen LogP contribution in [-0.2, 0) is 19.3 Å². The van der Waals surface area contributed by atoms with Gasteiger partial charge < -0.3 is 14.6 Å². The standard InChI is InChI=1S/C13H24O5S/c1-17-12(18-2)6-7-13(14)8-10-4-3-5-11(9-13)19(10,15)16/h10-12,14H,3-9H2,1-2H3. The monoisotopic (exact) mass is 292 g/mol. The van der Waals surface area contributed by atoms with Crippen molar-refractivity contribution in [3.8, 4) is 0 Å². The summed E-state index contributed by atoms with van der Waals surface area (Å²) in [5.74, 6) is 0. The first-order valence-corrected chi connectivity index (χ1v) is 8.53. The van der Waals surface area contributed by atoms with Gasteiger partial charge in [0.25, 0.3) is 0 Å². The lowest BCUT2D eigenvalue weighted by Crippen LogP contribution is -2.52. The third-order valence-electron chi connectivity index (χ3n) is 4.57. The molecule has 112 valence electrons. The van der Waals surface area contributed by atoms with E-state index in [1.807, 2.05) is 0 Å². The van der Waals surface area contributed by atoms with E-state index in [0.717, 1.165) is 6.42 Å². The first-order valence-electron chi connectivity index (χ1n) is 6.92. The van der Waals surface area contributed by atoms with Gasteiger partial charge in [-0.1, -0.05) is 6.42 Å². The van der Waals surface area contributed by atoms with Crippen LogP contribution in [0, 0.1) is 0 Å². The smallest absolute Gasteiger partial charge is 0.156 e. The Kier molecular flexibility index (Phi) is 4.55. The number of methoxy groups -OCH3 is 2. The summed E-state index contributed by atoms with van der Waals surface area (Å²) >= 11 is 0. The molecule has 2 heterocycles. The first-order chi connectivity index (χ1) is 8.91. The number of fused-ring (bicyclic) bond motifs is 2. The van der Waals surface area contributed by atoms with Crippen molar-refractivity contribution < 1.29 is 23.0 Å². The lowest BCUT2D eigenvalue weighted by atomic mass is 9.82. The van der Waals surface area contributed by atoms with Crippen LogP contribution < -0.4 is 0 Å². The van der Waals surface area contributed by atoms with Gasteiger partial charge in [-0.25, -0.2) is 8.42 Å². The maximum Gasteiger partial charge on any atom is 0.156 e. The summed E-state index contributed by atoms with van der Waals surface area (Å²) in [6.45, 7) is 0. The molecule has 2 atom stereocenters. The zero-order chi connectivity index (χ0) is 14.1. The van der Waals surface area contributed by atoms with Crippen LogP contribution in [0.25, 0.3) is 0 Å². The van der Waals surface area contributed by atoms with Crippen LogP contribution in [0.2, 0.25) is 0 Å². The second kappa shape index (κ2) is 5.68. The molecule has 6 heteroatoms. The predicted molar refractivity (Wildman–Crippen MR) is 71.6 cm³/mol. The Bertz CT molecular complexity index is 381. The van der Waals surface area contributed by atoms with Gasteiger partial charge in [0.15, 0.2) is 16.1 Å². The fraction of sp³-hybridized carbons (Fsp3) is 1.00. The molecule has 0 aromatic heterocycles. The zero-order valence-corrected chi connectivity index (χ0v) is 12.5. The molecular weight excluding hydrogens is 268 g/mol. The number of hydrogen-bond donors (Lipinski definition) is 1. The Balaban J connectivity index is 2.02. The minimum atomic E-state index is -3.01. The SMILES string of the molecule is COC(CCC1(O)CC2CCCC(C1)S2(=O)=O)OC. The second-order valence-corrected chi connectivity index (χ2v) is 8.35. The number of ether oxygens (including phenoxy) is 2. The molecule has 2 bridgehead atoms. The van der Waals surface area contributed by atoms with Crippen LogP contribution >= 0.6 is 0 Å². The summed E-state index contributed by atoms with van der Waals surface area (Å²) < 4.78 is 34.6. The summed E-state index contributed by atoms with van der Waals surface area (Å²) in [5, 5.41) is 9.97. The van der Waals surface area contributed by atoms with Crippen molar-refractivity contribution in [2.24, 2.45) is 0 Å². The fourth-order valence-electron chi connectivity index (χ4n) is 3.46. The minimum absolute atomic E-state index is 0.331. The highest BCUT2D eigenvalue weighted by Crippen LogP contribution is 2.43. The van der Waals surface area contributed by atoms with Crippen molar-refractivity contribution in [1.82, 2.24) is 0 Å². The number of rotatable bonds is 5. The van der Waals surface area contributed by atoms with Crippen LogP contribution in [-0.4, -0.2) is 50.1 Å². The van der Waals surface area contributed by atoms with E-state index in [1.165, 1.54) is 0 Å². The molecule has 0 spiro atoms. The van der Waals surface area contributed by atoms with Crippen molar-refractivity contribution in [1.29, 1.82) is 0 Å². The van der Waals surface area contributed by atoms with Gasteiger partial charge in [-0.15, -0.1) is 0 Å². The summed E-state index contributed by atoms with van der Waals surface area (Å²) in [7, 11) is 0.127. The average Bonchev–Trinajstić information content (AvgIpc) is 2.33. The van der Waals surface area contributed by atoms with Crippen molar-refractivity contribution in [3.05, 3.63) is 0 Å². The van der Waals surface area contributed by atoms with Crippen LogP contribution in [0.5, 0.6) is 0 Å². The van der Waals surface area contributed by atoms with Gasteiger partial charge in [-0.05, 0) is 32.1 Å². The largest absolute Gasteiger partial charge is 0.390 e. The molecule has 0 amide bonds. The van der Waals surface area contributed by atoms with Crippen LogP contribution in [0.3, 0.4) is 0 Å². The molecule has 0 saturated carbocycles. The van der Waals surface area contributed by atoms with E-state index in [9.17, 15) is 13.5 Å². The number of aliphatic hydroxyl groups is 1. The Morgan fingerprint density at radius 2 is 1.74 bits per heavy atom. The number of hydrogen-bond acceptors (Lipinski definition) is 5. The molecular formula is C13H24O5S. The molecule has 0 aliphatic carbocycles. The highest BCUT2D eigenvalue weighted by molar-refractivity contribution is 7.92. The van der Waals surface area contributed by atoms with Crippen molar-refractivity contribution >= 4 is 9.84 Å². The molecule has 2 fully saturated rings. The lowest BCUT2D eigenvalue weighted by Gasteiger charge is -2.44. The molecule has 5 nitrogen and oxygen atoms in total. The van der Waals surface area contributed by atoms with Gasteiger partial charge in [0, 0.05) is 20.6 Å². The van der Waals surface area contributed by atoms with Crippen LogP contribution in [0.15, 0.2) is 0 Å². The molecule has 0 aromatic carbocycles. The molecule has 2 unspecified atom stereocenters. The summed E-state index contributed by atoms with van der Waals surface area (Å²) in [6.07, 6.45) is 3.87. The van der Waals surface area contributed by atoms with E-state index in [-0.39, 0.29) is 16.8 Å². The fourth-order valence-corrected chi connectivity index (χ4v) is 6.08. The van der Waals surface area contributed by atoms with Gasteiger partial charge in [0.05, 0.1) is 16.1 Å². The van der Waals surface area contributed by atoms with Gasteiger partial charge in [-0.3, -0.25) is 0 Å². The second-order valence-electron chi connectivity index (χ2n) is 5.84. The maximum atomic E-state index is 12.2. The molecule has 2 aliphatic heterocycles. The van der Waals surface area contributed by atoms with Crippen molar-refractivity contribution in [2.75, 3.05) is 14.2 Å². The zero-order valence-electron chi connectivity index (χ0n) is 11.7. The average molecular weight is 292 g/mol. The Hall–Kier alpha value is -0.170. The summed E-state index contributed by atoms with van der Waals surface area (Å²) in [5.41, 5.74) is -0.879. The first kappa shape index (κ1) is 15.2. The Labute approximate surface area is 115 Å². The van der Waals surface area contributed by atoms with Gasteiger partial charge >= 0.3 is 0 Å². The van der Waals surface area contributed by atoms with E-state index in [4.69, 9.17) is 9.47 Å². The summed E-state index contributed by atoms with van der Waals surface area (Å²) in [4.78, 5) is 0. The van der Waals surface area contributed by atoms with Gasteiger partial charge in [0.1, 0.15) is 0 Å². The third-order valence-corrected chi connectivity index (χ3v) is 7.23. The number of sulfone groups is 1. The van der Waals surface area contributed by atoms with Crippen LogP contribution in [0.4, 0.5) is 0 Å². The lowest BCUT2D eigenvalue weighted by molar-refractivity contribution is -0.119. The topological polar surface area (TPSA) is 72.8 Å². The summed E-state index contributed by atoms with van der Waals surface area (Å²) in [6, 6.07) is 0. The highest BCUT2D eigenvalue weighted by Gasteiger charge is 2.50. The van der Waals surface area contributed by atoms with Gasteiger partial charge in [0.2, 0.25) is 0 Å². The molecule has 2 aliphatic rings. The maximum absolute atomic E-state index is 12.2. The van der Waals surface area contributed by atoms with E-state index in [1.54, 1.807) is 14.2 Å². The molecule has 2 rings (SSSR count). The quantitative estimate of drug-likeness (QED) is 0.772. The normalized spacial score (nSPS) is 37.5. The molecule has 1 N–H and O–H groups in total. The van der Waals surface area contributed by atoms with E-state index in [2.05, 4.69) is 0 Å². The minimum Gasteiger partial charge on any atom is -0.390 e. The van der Waals surface area contributed by atoms with Crippen molar-refractivity contribution in [2.45, 2.75) is 67.3 Å². The molecule has 0 radical (unpaired) electrons. The Morgan fingerprint density at radius 3 is 2.21 bits per heavy atom. The van der Waals surface area contributed by atoms with E-state index >= 15 is 0 Å². The van der Waals surface area contributed by atoms with Crippen molar-refractivity contribution in [3.63, 3.8) is 0 Å². The third kappa shape index (κ3) is 3.12. The van der Waals surface area contributed by atoms with Gasteiger partial charge in [-0.2, -0.15) is 0 Å². The molecule has 2 saturated heterocycles. The predicted octanol–water partition coefficient (Wildman–Crippen LogP) is 1.25. The molecule has 0 aromatic rings.